The number of aliphatic hydroxyl groups is 1. The Bertz CT molecular complexity index is 485. The Balaban J connectivity index is 1.59. The molecule has 1 aromatic rings. The maximum absolute atomic E-state index is 10.7. The van der Waals surface area contributed by atoms with Gasteiger partial charge in [0.05, 0.1) is 5.60 Å². The van der Waals surface area contributed by atoms with E-state index in [4.69, 9.17) is 0 Å². The maximum atomic E-state index is 10.7. The molecule has 4 nitrogen and oxygen atoms in total. The molecule has 122 valence electrons. The summed E-state index contributed by atoms with van der Waals surface area (Å²) in [5, 5.41) is 14.1. The van der Waals surface area contributed by atoms with E-state index in [9.17, 15) is 5.11 Å². The van der Waals surface area contributed by atoms with E-state index in [0.717, 1.165) is 65.1 Å². The summed E-state index contributed by atoms with van der Waals surface area (Å²) in [6.45, 7) is 9.07. The molecular weight excluding hydrogens is 274 g/mol. The van der Waals surface area contributed by atoms with E-state index >= 15 is 0 Å². The van der Waals surface area contributed by atoms with Crippen LogP contribution in [-0.4, -0.2) is 61.4 Å². The Hall–Kier alpha value is -1.10. The number of piperidine rings is 1. The predicted octanol–water partition coefficient (Wildman–Crippen LogP) is 1.62. The summed E-state index contributed by atoms with van der Waals surface area (Å²) >= 11 is 0. The molecule has 0 saturated carbocycles. The van der Waals surface area contributed by atoms with Crippen LogP contribution in [0.3, 0.4) is 0 Å². The van der Waals surface area contributed by atoms with Crippen molar-refractivity contribution in [2.24, 2.45) is 0 Å². The van der Waals surface area contributed by atoms with Crippen molar-refractivity contribution in [2.75, 3.05) is 50.7 Å². The van der Waals surface area contributed by atoms with Crippen LogP contribution >= 0.6 is 0 Å². The fraction of sp³-hybridized carbons (Fsp3) is 0.667. The highest BCUT2D eigenvalue weighted by Crippen LogP contribution is 2.22. The average molecular weight is 303 g/mol. The van der Waals surface area contributed by atoms with E-state index in [1.165, 1.54) is 11.3 Å². The number of nitrogens with zero attached hydrogens (tertiary/aromatic N) is 2. The van der Waals surface area contributed by atoms with E-state index in [1.807, 2.05) is 0 Å². The molecule has 0 radical (unpaired) electrons. The van der Waals surface area contributed by atoms with Crippen LogP contribution < -0.4 is 10.2 Å². The summed E-state index contributed by atoms with van der Waals surface area (Å²) in [6.07, 6.45) is 3.18. The van der Waals surface area contributed by atoms with Crippen LogP contribution in [0.25, 0.3) is 0 Å². The molecule has 1 aromatic carbocycles. The highest BCUT2D eigenvalue weighted by molar-refractivity contribution is 5.53. The number of para-hydroxylation sites is 1. The van der Waals surface area contributed by atoms with Gasteiger partial charge in [-0.1, -0.05) is 18.2 Å². The molecule has 4 heteroatoms. The molecule has 2 fully saturated rings. The first-order valence-electron chi connectivity index (χ1n) is 8.62. The first-order chi connectivity index (χ1) is 10.7. The fourth-order valence-corrected chi connectivity index (χ4v) is 3.79. The number of rotatable bonds is 3. The number of hydrogen-bond acceptors (Lipinski definition) is 4. The van der Waals surface area contributed by atoms with E-state index in [1.54, 1.807) is 0 Å². The van der Waals surface area contributed by atoms with Gasteiger partial charge >= 0.3 is 0 Å². The van der Waals surface area contributed by atoms with Crippen LogP contribution in [0.15, 0.2) is 24.3 Å². The van der Waals surface area contributed by atoms with Crippen LogP contribution in [0.2, 0.25) is 0 Å². The molecule has 1 unspecified atom stereocenters. The van der Waals surface area contributed by atoms with Gasteiger partial charge < -0.3 is 15.3 Å². The monoisotopic (exact) mass is 303 g/mol. The third kappa shape index (κ3) is 3.80. The smallest absolute Gasteiger partial charge is 0.0898 e. The van der Waals surface area contributed by atoms with Crippen molar-refractivity contribution in [2.45, 2.75) is 31.8 Å². The third-order valence-corrected chi connectivity index (χ3v) is 5.01. The second-order valence-corrected chi connectivity index (χ2v) is 6.91. The van der Waals surface area contributed by atoms with Crippen LogP contribution in [0.5, 0.6) is 0 Å². The van der Waals surface area contributed by atoms with Crippen molar-refractivity contribution in [3.8, 4) is 0 Å². The molecule has 2 aliphatic heterocycles. The Morgan fingerprint density at radius 2 is 2.00 bits per heavy atom. The minimum absolute atomic E-state index is 0.532. The van der Waals surface area contributed by atoms with Gasteiger partial charge in [0.15, 0.2) is 0 Å². The molecule has 0 aromatic heterocycles. The van der Waals surface area contributed by atoms with Gasteiger partial charge in [0.25, 0.3) is 0 Å². The SMILES string of the molecule is Cc1ccccc1N1CCCN(CC2(O)CCCNC2)CC1. The quantitative estimate of drug-likeness (QED) is 0.890. The van der Waals surface area contributed by atoms with E-state index in [0.29, 0.717) is 0 Å². The molecule has 3 rings (SSSR count). The molecule has 2 N–H and O–H groups in total. The lowest BCUT2D eigenvalue weighted by Crippen LogP contribution is -2.53. The zero-order valence-corrected chi connectivity index (χ0v) is 13.7. The highest BCUT2D eigenvalue weighted by atomic mass is 16.3. The number of aryl methyl sites for hydroxylation is 1. The molecule has 22 heavy (non-hydrogen) atoms. The summed E-state index contributed by atoms with van der Waals surface area (Å²) < 4.78 is 0. The van der Waals surface area contributed by atoms with E-state index in [-0.39, 0.29) is 0 Å². The van der Waals surface area contributed by atoms with Gasteiger partial charge in [0.2, 0.25) is 0 Å². The Labute approximate surface area is 134 Å². The van der Waals surface area contributed by atoms with Gasteiger partial charge in [-0.25, -0.2) is 0 Å². The van der Waals surface area contributed by atoms with Crippen LogP contribution in [0, 0.1) is 6.92 Å². The molecule has 2 heterocycles. The van der Waals surface area contributed by atoms with Crippen LogP contribution in [-0.2, 0) is 0 Å². The lowest BCUT2D eigenvalue weighted by Gasteiger charge is -2.37. The molecule has 0 aliphatic carbocycles. The fourth-order valence-electron chi connectivity index (χ4n) is 3.79. The van der Waals surface area contributed by atoms with Gasteiger partial charge in [-0.2, -0.15) is 0 Å². The molecule has 1 atom stereocenters. The van der Waals surface area contributed by atoms with E-state index in [2.05, 4.69) is 46.3 Å². The Kier molecular flexibility index (Phi) is 5.01. The first kappa shape index (κ1) is 15.8. The standard InChI is InChI=1S/C18H29N3O/c1-16-6-2-3-7-17(16)21-11-5-10-20(12-13-21)15-18(22)8-4-9-19-14-18/h2-3,6-7,19,22H,4-5,8-15H2,1H3. The van der Waals surface area contributed by atoms with Crippen LogP contribution in [0.1, 0.15) is 24.8 Å². The summed E-state index contributed by atoms with van der Waals surface area (Å²) in [4.78, 5) is 4.95. The Morgan fingerprint density at radius 1 is 1.14 bits per heavy atom. The van der Waals surface area contributed by atoms with Crippen molar-refractivity contribution in [1.82, 2.24) is 10.2 Å². The number of benzene rings is 1. The molecule has 2 aliphatic rings. The summed E-state index contributed by atoms with van der Waals surface area (Å²) in [6, 6.07) is 8.65. The van der Waals surface area contributed by atoms with Gasteiger partial charge in [0.1, 0.15) is 0 Å². The summed E-state index contributed by atoms with van der Waals surface area (Å²) in [5.41, 5.74) is 2.18. The summed E-state index contributed by atoms with van der Waals surface area (Å²) in [5.74, 6) is 0. The van der Waals surface area contributed by atoms with E-state index < -0.39 is 5.60 Å². The molecule has 2 saturated heterocycles. The largest absolute Gasteiger partial charge is 0.387 e. The molecular formula is C18H29N3O. The third-order valence-electron chi connectivity index (χ3n) is 5.01. The summed E-state index contributed by atoms with van der Waals surface area (Å²) in [7, 11) is 0. The molecule has 0 amide bonds. The first-order valence-corrected chi connectivity index (χ1v) is 8.62. The predicted molar refractivity (Wildman–Crippen MR) is 91.5 cm³/mol. The maximum Gasteiger partial charge on any atom is 0.0898 e. The number of hydrogen-bond donors (Lipinski definition) is 2. The van der Waals surface area contributed by atoms with Gasteiger partial charge in [-0.05, 0) is 44.4 Å². The second kappa shape index (κ2) is 6.99. The topological polar surface area (TPSA) is 38.7 Å². The lowest BCUT2D eigenvalue weighted by atomic mass is 9.93. The molecule has 0 spiro atoms. The van der Waals surface area contributed by atoms with Gasteiger partial charge in [0, 0.05) is 45.0 Å². The minimum atomic E-state index is -0.532. The van der Waals surface area contributed by atoms with Crippen molar-refractivity contribution >= 4 is 5.69 Å². The number of nitrogens with one attached hydrogen (secondary N) is 1. The van der Waals surface area contributed by atoms with Gasteiger partial charge in [-0.3, -0.25) is 4.90 Å². The second-order valence-electron chi connectivity index (χ2n) is 6.91. The minimum Gasteiger partial charge on any atom is -0.387 e. The normalized spacial score (nSPS) is 27.6. The lowest BCUT2D eigenvalue weighted by molar-refractivity contribution is -0.0138. The highest BCUT2D eigenvalue weighted by Gasteiger charge is 2.31. The zero-order chi connectivity index (χ0) is 15.4. The Morgan fingerprint density at radius 3 is 2.77 bits per heavy atom. The van der Waals surface area contributed by atoms with Crippen molar-refractivity contribution in [3.05, 3.63) is 29.8 Å². The van der Waals surface area contributed by atoms with Gasteiger partial charge in [-0.15, -0.1) is 0 Å². The van der Waals surface area contributed by atoms with Crippen molar-refractivity contribution in [3.63, 3.8) is 0 Å². The number of anilines is 1. The number of β-amino-alcohol motifs (C(OH)–C–C–N with tert-alkyl or cyclic N) is 1. The van der Waals surface area contributed by atoms with Crippen molar-refractivity contribution in [1.29, 1.82) is 0 Å². The zero-order valence-electron chi connectivity index (χ0n) is 13.7. The van der Waals surface area contributed by atoms with Crippen LogP contribution in [0.4, 0.5) is 5.69 Å². The molecule has 0 bridgehead atoms. The van der Waals surface area contributed by atoms with Crippen molar-refractivity contribution < 1.29 is 5.11 Å². The average Bonchev–Trinajstić information content (AvgIpc) is 2.74.